The number of rotatable bonds is 5. The fraction of sp³-hybridized carbons (Fsp3) is 0.800. The van der Waals surface area contributed by atoms with Gasteiger partial charge in [0.05, 0.1) is 6.54 Å². The number of hydrogen-bond donors (Lipinski definition) is 1. The van der Waals surface area contributed by atoms with E-state index in [1.54, 1.807) is 0 Å². The topological polar surface area (TPSA) is 44.5 Å². The molecule has 0 bridgehead atoms. The number of aliphatic hydroxyl groups excluding tert-OH is 1. The van der Waals surface area contributed by atoms with Gasteiger partial charge in [-0.15, -0.1) is 0 Å². The monoisotopic (exact) mass is 278 g/mol. The van der Waals surface area contributed by atoms with Gasteiger partial charge in [-0.3, -0.25) is 4.90 Å². The number of aliphatic hydroxyl groups is 1. The van der Waals surface area contributed by atoms with E-state index >= 15 is 0 Å². The molecule has 2 atom stereocenters. The Bertz CT molecular complexity index is 427. The molecule has 3 heterocycles. The molecule has 0 spiro atoms. The molecule has 20 heavy (non-hydrogen) atoms. The first-order chi connectivity index (χ1) is 9.76. The number of likely N-dealkylation sites (tertiary alicyclic amines) is 2. The summed E-state index contributed by atoms with van der Waals surface area (Å²) in [4.78, 5) is 9.42. The standard InChI is InChI=1S/C15H26N4O/c1-17-7-4-16-15(17)11-19-9-13(14(10-19)12-20)8-18-5-2-3-6-18/h4,7,13-14,20H,2-3,5-6,8-12H2,1H3/t13-,14-/m1/s1. The quantitative estimate of drug-likeness (QED) is 0.854. The average molecular weight is 278 g/mol. The van der Waals surface area contributed by atoms with Crippen molar-refractivity contribution in [2.75, 3.05) is 39.3 Å². The predicted octanol–water partition coefficient (Wildman–Crippen LogP) is 0.556. The Labute approximate surface area is 121 Å². The van der Waals surface area contributed by atoms with Crippen molar-refractivity contribution < 1.29 is 5.11 Å². The van der Waals surface area contributed by atoms with Gasteiger partial charge < -0.3 is 14.6 Å². The van der Waals surface area contributed by atoms with Crippen LogP contribution in [0.3, 0.4) is 0 Å². The van der Waals surface area contributed by atoms with E-state index in [-0.39, 0.29) is 0 Å². The molecule has 2 aliphatic rings. The van der Waals surface area contributed by atoms with E-state index in [9.17, 15) is 5.11 Å². The summed E-state index contributed by atoms with van der Waals surface area (Å²) in [7, 11) is 2.05. The summed E-state index contributed by atoms with van der Waals surface area (Å²) in [6, 6.07) is 0. The Kier molecular flexibility index (Phi) is 4.38. The molecular formula is C15H26N4O. The van der Waals surface area contributed by atoms with E-state index in [4.69, 9.17) is 0 Å². The van der Waals surface area contributed by atoms with Crippen LogP contribution in [0.5, 0.6) is 0 Å². The minimum absolute atomic E-state index is 0.315. The van der Waals surface area contributed by atoms with Crippen LogP contribution in [0.25, 0.3) is 0 Å². The Hall–Kier alpha value is -0.910. The van der Waals surface area contributed by atoms with Crippen LogP contribution in [-0.2, 0) is 13.6 Å². The molecule has 2 fully saturated rings. The van der Waals surface area contributed by atoms with Gasteiger partial charge in [-0.1, -0.05) is 0 Å². The molecule has 112 valence electrons. The van der Waals surface area contributed by atoms with Crippen molar-refractivity contribution in [3.05, 3.63) is 18.2 Å². The highest BCUT2D eigenvalue weighted by molar-refractivity contribution is 4.94. The van der Waals surface area contributed by atoms with Crippen molar-refractivity contribution in [2.24, 2.45) is 18.9 Å². The second kappa shape index (κ2) is 6.24. The van der Waals surface area contributed by atoms with Crippen LogP contribution in [0.4, 0.5) is 0 Å². The van der Waals surface area contributed by atoms with Gasteiger partial charge >= 0.3 is 0 Å². The van der Waals surface area contributed by atoms with Crippen molar-refractivity contribution in [1.82, 2.24) is 19.4 Å². The molecular weight excluding hydrogens is 252 g/mol. The summed E-state index contributed by atoms with van der Waals surface area (Å²) in [5, 5.41) is 9.64. The molecule has 0 amide bonds. The van der Waals surface area contributed by atoms with Crippen LogP contribution in [0, 0.1) is 11.8 Å². The minimum atomic E-state index is 0.315. The van der Waals surface area contributed by atoms with Crippen molar-refractivity contribution in [1.29, 1.82) is 0 Å². The third-order valence-electron chi connectivity index (χ3n) is 4.86. The van der Waals surface area contributed by atoms with Crippen LogP contribution in [0.2, 0.25) is 0 Å². The number of hydrogen-bond acceptors (Lipinski definition) is 4. The fourth-order valence-corrected chi connectivity index (χ4v) is 3.62. The molecule has 0 unspecified atom stereocenters. The van der Waals surface area contributed by atoms with Crippen molar-refractivity contribution in [2.45, 2.75) is 19.4 Å². The number of aryl methyl sites for hydroxylation is 1. The smallest absolute Gasteiger partial charge is 0.122 e. The highest BCUT2D eigenvalue weighted by Gasteiger charge is 2.34. The first kappa shape index (κ1) is 14.0. The fourth-order valence-electron chi connectivity index (χ4n) is 3.62. The third kappa shape index (κ3) is 3.05. The zero-order chi connectivity index (χ0) is 13.9. The summed E-state index contributed by atoms with van der Waals surface area (Å²) in [5.41, 5.74) is 0. The molecule has 0 aromatic carbocycles. The van der Waals surface area contributed by atoms with Gasteiger partial charge in [0.1, 0.15) is 5.82 Å². The first-order valence-electron chi connectivity index (χ1n) is 7.78. The van der Waals surface area contributed by atoms with Crippen molar-refractivity contribution in [3.63, 3.8) is 0 Å². The van der Waals surface area contributed by atoms with Crippen molar-refractivity contribution >= 4 is 0 Å². The van der Waals surface area contributed by atoms with Gasteiger partial charge in [0.15, 0.2) is 0 Å². The normalized spacial score (nSPS) is 28.5. The summed E-state index contributed by atoms with van der Waals surface area (Å²) >= 11 is 0. The molecule has 5 nitrogen and oxygen atoms in total. The van der Waals surface area contributed by atoms with Gasteiger partial charge in [0.2, 0.25) is 0 Å². The van der Waals surface area contributed by atoms with Crippen LogP contribution in [-0.4, -0.2) is 63.8 Å². The zero-order valence-corrected chi connectivity index (χ0v) is 12.4. The summed E-state index contributed by atoms with van der Waals surface area (Å²) in [6.07, 6.45) is 6.54. The SMILES string of the molecule is Cn1ccnc1CN1C[C@@H](CN2CCCC2)[C@@H](CO)C1. The van der Waals surface area contributed by atoms with Gasteiger partial charge in [-0.05, 0) is 37.8 Å². The largest absolute Gasteiger partial charge is 0.396 e. The molecule has 1 N–H and O–H groups in total. The van der Waals surface area contributed by atoms with Crippen LogP contribution >= 0.6 is 0 Å². The number of aromatic nitrogens is 2. The molecule has 1 aromatic heterocycles. The molecule has 0 aliphatic carbocycles. The summed E-state index contributed by atoms with van der Waals surface area (Å²) in [6.45, 7) is 6.95. The van der Waals surface area contributed by atoms with E-state index < -0.39 is 0 Å². The Morgan fingerprint density at radius 2 is 1.95 bits per heavy atom. The van der Waals surface area contributed by atoms with Gasteiger partial charge in [0, 0.05) is 45.7 Å². The molecule has 0 radical (unpaired) electrons. The van der Waals surface area contributed by atoms with Crippen LogP contribution in [0.15, 0.2) is 12.4 Å². The Morgan fingerprint density at radius 3 is 2.60 bits per heavy atom. The zero-order valence-electron chi connectivity index (χ0n) is 12.4. The maximum absolute atomic E-state index is 9.64. The molecule has 2 saturated heterocycles. The second-order valence-corrected chi connectivity index (χ2v) is 6.36. The highest BCUT2D eigenvalue weighted by Crippen LogP contribution is 2.26. The predicted molar refractivity (Wildman–Crippen MR) is 78.2 cm³/mol. The van der Waals surface area contributed by atoms with Gasteiger partial charge in [-0.25, -0.2) is 4.98 Å². The van der Waals surface area contributed by atoms with E-state index in [0.29, 0.717) is 18.4 Å². The molecule has 1 aromatic rings. The van der Waals surface area contributed by atoms with Crippen LogP contribution < -0.4 is 0 Å². The molecule has 5 heteroatoms. The first-order valence-corrected chi connectivity index (χ1v) is 7.78. The van der Waals surface area contributed by atoms with E-state index in [2.05, 4.69) is 19.4 Å². The number of imidazole rings is 1. The Balaban J connectivity index is 1.57. The lowest BCUT2D eigenvalue weighted by Gasteiger charge is -2.23. The number of nitrogens with zero attached hydrogens (tertiary/aromatic N) is 4. The average Bonchev–Trinajstić information content (AvgIpc) is 3.14. The second-order valence-electron chi connectivity index (χ2n) is 6.36. The lowest BCUT2D eigenvalue weighted by atomic mass is 9.96. The van der Waals surface area contributed by atoms with Gasteiger partial charge in [-0.2, -0.15) is 0 Å². The van der Waals surface area contributed by atoms with E-state index in [0.717, 1.165) is 32.0 Å². The summed E-state index contributed by atoms with van der Waals surface area (Å²) < 4.78 is 2.09. The lowest BCUT2D eigenvalue weighted by molar-refractivity contribution is 0.175. The van der Waals surface area contributed by atoms with Crippen LogP contribution in [0.1, 0.15) is 18.7 Å². The minimum Gasteiger partial charge on any atom is -0.396 e. The highest BCUT2D eigenvalue weighted by atomic mass is 16.3. The molecule has 0 saturated carbocycles. The third-order valence-corrected chi connectivity index (χ3v) is 4.86. The lowest BCUT2D eigenvalue weighted by Crippen LogP contribution is -2.32. The maximum atomic E-state index is 9.64. The maximum Gasteiger partial charge on any atom is 0.122 e. The van der Waals surface area contributed by atoms with Crippen molar-refractivity contribution in [3.8, 4) is 0 Å². The Morgan fingerprint density at radius 1 is 1.20 bits per heavy atom. The molecule has 3 rings (SSSR count). The van der Waals surface area contributed by atoms with E-state index in [1.807, 2.05) is 19.4 Å². The summed E-state index contributed by atoms with van der Waals surface area (Å²) in [5.74, 6) is 2.15. The van der Waals surface area contributed by atoms with E-state index in [1.165, 1.54) is 25.9 Å². The van der Waals surface area contributed by atoms with Gasteiger partial charge in [0.25, 0.3) is 0 Å². The molecule has 2 aliphatic heterocycles.